The number of ether oxygens (including phenoxy) is 6. The third kappa shape index (κ3) is 4.70. The van der Waals surface area contributed by atoms with Gasteiger partial charge in [-0.3, -0.25) is 0 Å². The van der Waals surface area contributed by atoms with E-state index in [1.54, 1.807) is 0 Å². The van der Waals surface area contributed by atoms with Crippen LogP contribution in [0.3, 0.4) is 0 Å². The van der Waals surface area contributed by atoms with Crippen molar-refractivity contribution < 1.29 is 28.4 Å². The molecule has 0 aromatic heterocycles. The van der Waals surface area contributed by atoms with Crippen molar-refractivity contribution in [2.24, 2.45) is 5.92 Å². The van der Waals surface area contributed by atoms with E-state index in [1.807, 2.05) is 64.3 Å². The summed E-state index contributed by atoms with van der Waals surface area (Å²) >= 11 is 6.80. The molecule has 3 aliphatic rings. The minimum absolute atomic E-state index is 0.0948. The van der Waals surface area contributed by atoms with Gasteiger partial charge in [-0.05, 0) is 51.7 Å². The molecule has 1 aromatic carbocycles. The molecule has 3 fully saturated rings. The molecule has 8 heteroatoms. The number of benzene rings is 1. The summed E-state index contributed by atoms with van der Waals surface area (Å²) in [5.41, 5.74) is 1.08. The number of hydrogen-bond donors (Lipinski definition) is 0. The van der Waals surface area contributed by atoms with Crippen LogP contribution in [-0.4, -0.2) is 59.3 Å². The van der Waals surface area contributed by atoms with E-state index in [2.05, 4.69) is 0 Å². The summed E-state index contributed by atoms with van der Waals surface area (Å²) in [6, 6.07) is 10.1. The van der Waals surface area contributed by atoms with Crippen LogP contribution >= 0.6 is 24.0 Å². The molecule has 1 aliphatic carbocycles. The predicted molar refractivity (Wildman–Crippen MR) is 118 cm³/mol. The smallest absolute Gasteiger partial charge is 0.220 e. The van der Waals surface area contributed by atoms with Crippen molar-refractivity contribution in [2.75, 3.05) is 12.9 Å². The highest BCUT2D eigenvalue weighted by atomic mass is 32.2. The lowest BCUT2D eigenvalue weighted by Gasteiger charge is -2.51. The predicted octanol–water partition coefficient (Wildman–Crippen LogP) is 3.91. The van der Waals surface area contributed by atoms with Gasteiger partial charge in [-0.1, -0.05) is 42.1 Å². The summed E-state index contributed by atoms with van der Waals surface area (Å²) in [5, 5.41) is 0. The lowest BCUT2D eigenvalue weighted by molar-refractivity contribution is -0.337. The Morgan fingerprint density at radius 1 is 1.00 bits per heavy atom. The van der Waals surface area contributed by atoms with E-state index in [4.69, 9.17) is 40.6 Å². The number of thiocarbonyl (C=S) groups is 1. The van der Waals surface area contributed by atoms with Crippen molar-refractivity contribution in [2.45, 2.75) is 76.4 Å². The summed E-state index contributed by atoms with van der Waals surface area (Å²) in [6.07, 6.45) is 0.294. The van der Waals surface area contributed by atoms with E-state index in [-0.39, 0.29) is 36.4 Å². The summed E-state index contributed by atoms with van der Waals surface area (Å²) in [6.45, 7) is 8.58. The quantitative estimate of drug-likeness (QED) is 0.635. The molecule has 6 nitrogen and oxygen atoms in total. The van der Waals surface area contributed by atoms with Gasteiger partial charge in [0.1, 0.15) is 24.4 Å². The molecule has 2 aliphatic heterocycles. The summed E-state index contributed by atoms with van der Waals surface area (Å²) < 4.78 is 38.1. The zero-order valence-electron chi connectivity index (χ0n) is 18.0. The van der Waals surface area contributed by atoms with Crippen LogP contribution in [0.5, 0.6) is 0 Å². The maximum absolute atomic E-state index is 6.43. The maximum atomic E-state index is 6.43. The van der Waals surface area contributed by atoms with Crippen LogP contribution in [0.4, 0.5) is 0 Å². The van der Waals surface area contributed by atoms with Crippen molar-refractivity contribution in [3.8, 4) is 0 Å². The molecular formula is C22H30O6S2. The average Bonchev–Trinajstić information content (AvgIpc) is 3.03. The van der Waals surface area contributed by atoms with Gasteiger partial charge in [-0.15, -0.1) is 0 Å². The molecule has 0 amide bonds. The Labute approximate surface area is 187 Å². The third-order valence-corrected chi connectivity index (χ3v) is 6.73. The van der Waals surface area contributed by atoms with Crippen LogP contribution in [0.1, 0.15) is 33.3 Å². The zero-order chi connectivity index (χ0) is 21.5. The Hall–Kier alpha value is -0.740. The van der Waals surface area contributed by atoms with E-state index in [0.717, 1.165) is 5.56 Å². The van der Waals surface area contributed by atoms with Gasteiger partial charge in [0.05, 0.1) is 25.2 Å². The Kier molecular flexibility index (Phi) is 6.48. The van der Waals surface area contributed by atoms with Crippen molar-refractivity contribution in [1.29, 1.82) is 0 Å². The maximum Gasteiger partial charge on any atom is 0.220 e. The zero-order valence-corrected chi connectivity index (χ0v) is 19.7. The first-order chi connectivity index (χ1) is 14.2. The molecule has 1 saturated carbocycles. The van der Waals surface area contributed by atoms with Crippen molar-refractivity contribution in [1.82, 2.24) is 0 Å². The molecule has 2 saturated heterocycles. The molecule has 1 aromatic rings. The van der Waals surface area contributed by atoms with Gasteiger partial charge in [0.15, 0.2) is 11.6 Å². The highest BCUT2D eigenvalue weighted by Crippen LogP contribution is 2.46. The minimum atomic E-state index is -0.741. The van der Waals surface area contributed by atoms with E-state index in [9.17, 15) is 0 Å². The molecule has 30 heavy (non-hydrogen) atoms. The average molecular weight is 455 g/mol. The minimum Gasteiger partial charge on any atom is -0.472 e. The fraction of sp³-hybridized carbons (Fsp3) is 0.682. The Morgan fingerprint density at radius 2 is 1.67 bits per heavy atom. The summed E-state index contributed by atoms with van der Waals surface area (Å²) in [7, 11) is 0. The summed E-state index contributed by atoms with van der Waals surface area (Å²) in [4.78, 5) is 0. The van der Waals surface area contributed by atoms with E-state index < -0.39 is 11.6 Å². The lowest BCUT2D eigenvalue weighted by atomic mass is 9.77. The second-order valence-electron chi connectivity index (χ2n) is 8.82. The first kappa shape index (κ1) is 22.5. The monoisotopic (exact) mass is 454 g/mol. The first-order valence-corrected chi connectivity index (χ1v) is 11.9. The standard InChI is InChI=1S/C22H30O6S2/c1-21(2)24-12-14-15(25-20(29)30-5)17(23-11-13-9-7-6-8-10-13)19-18(16(14)26-21)27-22(3,4)28-19/h6-10,14-19H,11-12H2,1-5H3/t14-,15?,16-,17-,18+,19-/m1/s1. The van der Waals surface area contributed by atoms with Crippen LogP contribution in [-0.2, 0) is 35.0 Å². The largest absolute Gasteiger partial charge is 0.472 e. The molecule has 0 spiro atoms. The number of thioether (sulfide) groups is 1. The number of fused-ring (bicyclic) bond motifs is 3. The van der Waals surface area contributed by atoms with Crippen LogP contribution in [0.15, 0.2) is 30.3 Å². The fourth-order valence-corrected chi connectivity index (χ4v) is 4.78. The molecule has 0 radical (unpaired) electrons. The van der Waals surface area contributed by atoms with Gasteiger partial charge in [0, 0.05) is 0 Å². The molecule has 166 valence electrons. The Morgan fingerprint density at radius 3 is 2.37 bits per heavy atom. The number of rotatable bonds is 4. The second-order valence-corrected chi connectivity index (χ2v) is 10.2. The van der Waals surface area contributed by atoms with Crippen molar-refractivity contribution in [3.05, 3.63) is 35.9 Å². The topological polar surface area (TPSA) is 55.4 Å². The lowest BCUT2D eigenvalue weighted by Crippen LogP contribution is -2.66. The fourth-order valence-electron chi connectivity index (χ4n) is 4.46. The SMILES string of the molecule is CSC(=S)OC1[C@H]2COC(C)(C)O[C@H]2[C@@H]2OC(C)(C)O[C@@H]2[C@@H]1OCc1ccccc1. The van der Waals surface area contributed by atoms with Crippen LogP contribution in [0.25, 0.3) is 0 Å². The number of hydrogen-bond acceptors (Lipinski definition) is 8. The molecule has 0 bridgehead atoms. The highest BCUT2D eigenvalue weighted by Gasteiger charge is 2.62. The van der Waals surface area contributed by atoms with Crippen molar-refractivity contribution >= 4 is 28.4 Å². The molecule has 0 N–H and O–H groups in total. The van der Waals surface area contributed by atoms with Crippen LogP contribution in [0, 0.1) is 5.92 Å². The van der Waals surface area contributed by atoms with Crippen LogP contribution < -0.4 is 0 Å². The van der Waals surface area contributed by atoms with Gasteiger partial charge in [0.2, 0.25) is 4.38 Å². The van der Waals surface area contributed by atoms with E-state index in [0.29, 0.717) is 17.6 Å². The van der Waals surface area contributed by atoms with Crippen molar-refractivity contribution in [3.63, 3.8) is 0 Å². The second kappa shape index (κ2) is 8.65. The van der Waals surface area contributed by atoms with Gasteiger partial charge in [0.25, 0.3) is 0 Å². The van der Waals surface area contributed by atoms with Gasteiger partial charge >= 0.3 is 0 Å². The normalized spacial score (nSPS) is 36.6. The van der Waals surface area contributed by atoms with Gasteiger partial charge in [-0.25, -0.2) is 0 Å². The molecule has 4 rings (SSSR count). The Bertz CT molecular complexity index is 755. The molecular weight excluding hydrogens is 424 g/mol. The van der Waals surface area contributed by atoms with Gasteiger partial charge < -0.3 is 28.4 Å². The van der Waals surface area contributed by atoms with E-state index >= 15 is 0 Å². The first-order valence-electron chi connectivity index (χ1n) is 10.3. The molecule has 1 unspecified atom stereocenters. The molecule has 2 heterocycles. The van der Waals surface area contributed by atoms with Crippen LogP contribution in [0.2, 0.25) is 0 Å². The summed E-state index contributed by atoms with van der Waals surface area (Å²) in [5.74, 6) is -1.54. The third-order valence-electron chi connectivity index (χ3n) is 5.71. The highest BCUT2D eigenvalue weighted by molar-refractivity contribution is 8.22. The van der Waals surface area contributed by atoms with E-state index in [1.165, 1.54) is 11.8 Å². The Balaban J connectivity index is 1.65. The molecule has 6 atom stereocenters. The van der Waals surface area contributed by atoms with Gasteiger partial charge in [-0.2, -0.15) is 0 Å².